The van der Waals surface area contributed by atoms with Crippen molar-refractivity contribution < 1.29 is 9.90 Å². The maximum absolute atomic E-state index is 10.8. The van der Waals surface area contributed by atoms with E-state index in [2.05, 4.69) is 15.2 Å². The number of thiophene rings is 1. The number of aromatic nitrogens is 3. The highest BCUT2D eigenvalue weighted by Crippen LogP contribution is 2.32. The Morgan fingerprint density at radius 2 is 2.19 bits per heavy atom. The molecule has 7 heteroatoms. The first-order valence-corrected chi connectivity index (χ1v) is 8.89. The van der Waals surface area contributed by atoms with Crippen LogP contribution < -0.4 is 0 Å². The molecule has 21 heavy (non-hydrogen) atoms. The molecule has 0 aromatic carbocycles. The minimum absolute atomic E-state index is 0.378. The lowest BCUT2D eigenvalue weighted by Crippen LogP contribution is -2.06. The van der Waals surface area contributed by atoms with Gasteiger partial charge >= 0.3 is 5.97 Å². The largest absolute Gasteiger partial charge is 0.477 e. The van der Waals surface area contributed by atoms with Crippen LogP contribution in [-0.2, 0) is 5.75 Å². The normalized spacial score (nSPS) is 16.2. The third-order valence-electron chi connectivity index (χ3n) is 3.69. The summed E-state index contributed by atoms with van der Waals surface area (Å²) in [5, 5.41) is 17.0. The number of aromatic carboxylic acids is 1. The van der Waals surface area contributed by atoms with E-state index in [-0.39, 0.29) is 0 Å². The van der Waals surface area contributed by atoms with E-state index < -0.39 is 5.97 Å². The van der Waals surface area contributed by atoms with Crippen molar-refractivity contribution in [2.45, 2.75) is 48.9 Å². The zero-order chi connectivity index (χ0) is 14.7. The maximum Gasteiger partial charge on any atom is 0.345 e. The molecule has 0 saturated heterocycles. The summed E-state index contributed by atoms with van der Waals surface area (Å²) in [6, 6.07) is 3.50. The maximum atomic E-state index is 10.8. The Morgan fingerprint density at radius 1 is 1.38 bits per heavy atom. The van der Waals surface area contributed by atoms with Gasteiger partial charge in [-0.15, -0.1) is 16.4 Å². The Hall–Kier alpha value is -1.34. The number of aromatic amines is 1. The molecule has 0 atom stereocenters. The van der Waals surface area contributed by atoms with Crippen molar-refractivity contribution in [2.24, 2.45) is 0 Å². The molecule has 1 aliphatic rings. The van der Waals surface area contributed by atoms with Crippen molar-refractivity contribution in [3.8, 4) is 0 Å². The molecular weight excluding hydrogens is 306 g/mol. The van der Waals surface area contributed by atoms with Crippen LogP contribution in [0.3, 0.4) is 0 Å². The van der Waals surface area contributed by atoms with Gasteiger partial charge < -0.3 is 5.11 Å². The van der Waals surface area contributed by atoms with Crippen LogP contribution in [0.1, 0.15) is 58.4 Å². The molecule has 2 heterocycles. The summed E-state index contributed by atoms with van der Waals surface area (Å²) in [6.07, 6.45) is 6.29. The van der Waals surface area contributed by atoms with Crippen molar-refractivity contribution >= 4 is 29.1 Å². The van der Waals surface area contributed by atoms with Gasteiger partial charge in [-0.1, -0.05) is 31.0 Å². The summed E-state index contributed by atoms with van der Waals surface area (Å²) in [4.78, 5) is 16.8. The van der Waals surface area contributed by atoms with Crippen molar-refractivity contribution in [1.82, 2.24) is 15.2 Å². The van der Waals surface area contributed by atoms with Crippen LogP contribution in [0, 0.1) is 0 Å². The number of hydrogen-bond acceptors (Lipinski definition) is 5. The van der Waals surface area contributed by atoms with Gasteiger partial charge in [0, 0.05) is 16.5 Å². The fraction of sp³-hybridized carbons (Fsp3) is 0.500. The standard InChI is InChI=1S/C14H17N3O2S2/c18-13(19)11-7-6-10(21-11)8-20-14-15-12(16-17-14)9-4-2-1-3-5-9/h6-7,9H,1-5,8H2,(H,18,19)(H,15,16,17). The van der Waals surface area contributed by atoms with Gasteiger partial charge in [-0.25, -0.2) is 9.78 Å². The highest BCUT2D eigenvalue weighted by molar-refractivity contribution is 7.98. The van der Waals surface area contributed by atoms with E-state index in [1.165, 1.54) is 43.4 Å². The second-order valence-electron chi connectivity index (χ2n) is 5.20. The molecule has 1 fully saturated rings. The molecule has 2 aromatic rings. The Bertz CT molecular complexity index is 617. The van der Waals surface area contributed by atoms with E-state index in [1.54, 1.807) is 17.8 Å². The average Bonchev–Trinajstić information content (AvgIpc) is 3.15. The van der Waals surface area contributed by atoms with Crippen molar-refractivity contribution in [2.75, 3.05) is 0 Å². The smallest absolute Gasteiger partial charge is 0.345 e. The van der Waals surface area contributed by atoms with Gasteiger partial charge in [-0.05, 0) is 25.0 Å². The average molecular weight is 323 g/mol. The highest BCUT2D eigenvalue weighted by atomic mass is 32.2. The summed E-state index contributed by atoms with van der Waals surface area (Å²) in [6.45, 7) is 0. The molecular formula is C14H17N3O2S2. The van der Waals surface area contributed by atoms with Gasteiger partial charge in [0.1, 0.15) is 10.7 Å². The number of rotatable bonds is 5. The van der Waals surface area contributed by atoms with Crippen LogP contribution in [0.5, 0.6) is 0 Å². The Labute approximate surface area is 131 Å². The number of nitrogens with one attached hydrogen (secondary N) is 1. The van der Waals surface area contributed by atoms with E-state index >= 15 is 0 Å². The Kier molecular flexibility index (Phi) is 4.60. The number of thioether (sulfide) groups is 1. The topological polar surface area (TPSA) is 78.9 Å². The van der Waals surface area contributed by atoms with Crippen LogP contribution in [-0.4, -0.2) is 26.3 Å². The summed E-state index contributed by atoms with van der Waals surface area (Å²) in [5.41, 5.74) is 0. The number of carboxylic acids is 1. The van der Waals surface area contributed by atoms with Crippen molar-refractivity contribution in [3.05, 3.63) is 27.7 Å². The van der Waals surface area contributed by atoms with Crippen LogP contribution in [0.15, 0.2) is 17.3 Å². The van der Waals surface area contributed by atoms with Crippen LogP contribution in [0.25, 0.3) is 0 Å². The molecule has 0 unspecified atom stereocenters. The number of H-pyrrole nitrogens is 1. The summed E-state index contributed by atoms with van der Waals surface area (Å²) in [5.74, 6) is 1.38. The quantitative estimate of drug-likeness (QED) is 0.816. The minimum atomic E-state index is -0.867. The van der Waals surface area contributed by atoms with E-state index in [1.807, 2.05) is 6.07 Å². The van der Waals surface area contributed by atoms with E-state index in [0.29, 0.717) is 16.5 Å². The predicted molar refractivity (Wildman–Crippen MR) is 83.0 cm³/mol. The summed E-state index contributed by atoms with van der Waals surface area (Å²) in [7, 11) is 0. The molecule has 0 aliphatic heterocycles. The van der Waals surface area contributed by atoms with Gasteiger partial charge in [0.05, 0.1) is 0 Å². The molecule has 0 spiro atoms. The monoisotopic (exact) mass is 323 g/mol. The van der Waals surface area contributed by atoms with E-state index in [4.69, 9.17) is 5.11 Å². The summed E-state index contributed by atoms with van der Waals surface area (Å²) >= 11 is 2.86. The SMILES string of the molecule is O=C(O)c1ccc(CSc2n[nH]c(C3CCCCC3)n2)s1. The second kappa shape index (κ2) is 6.62. The van der Waals surface area contributed by atoms with E-state index in [0.717, 1.165) is 15.9 Å². The number of carboxylic acid groups (broad SMARTS) is 1. The molecule has 112 valence electrons. The number of carbonyl (C=O) groups is 1. The lowest BCUT2D eigenvalue weighted by Gasteiger charge is -2.18. The third kappa shape index (κ3) is 3.65. The zero-order valence-electron chi connectivity index (χ0n) is 11.5. The minimum Gasteiger partial charge on any atom is -0.477 e. The van der Waals surface area contributed by atoms with Crippen LogP contribution in [0.2, 0.25) is 0 Å². The fourth-order valence-corrected chi connectivity index (χ4v) is 4.28. The van der Waals surface area contributed by atoms with Crippen molar-refractivity contribution in [1.29, 1.82) is 0 Å². The van der Waals surface area contributed by atoms with Gasteiger partial charge in [0.15, 0.2) is 0 Å². The van der Waals surface area contributed by atoms with Crippen LogP contribution >= 0.6 is 23.1 Å². The first-order valence-electron chi connectivity index (χ1n) is 7.09. The fourth-order valence-electron chi connectivity index (χ4n) is 2.59. The molecule has 1 saturated carbocycles. The third-order valence-corrected chi connectivity index (χ3v) is 5.84. The molecule has 2 aromatic heterocycles. The molecule has 2 N–H and O–H groups in total. The lowest BCUT2D eigenvalue weighted by atomic mass is 9.89. The molecule has 5 nitrogen and oxygen atoms in total. The molecule has 0 bridgehead atoms. The highest BCUT2D eigenvalue weighted by Gasteiger charge is 2.19. The summed E-state index contributed by atoms with van der Waals surface area (Å²) < 4.78 is 0. The first kappa shape index (κ1) is 14.6. The Morgan fingerprint density at radius 3 is 2.90 bits per heavy atom. The lowest BCUT2D eigenvalue weighted by molar-refractivity contribution is 0.0702. The second-order valence-corrected chi connectivity index (χ2v) is 7.31. The number of hydrogen-bond donors (Lipinski definition) is 2. The van der Waals surface area contributed by atoms with Gasteiger partial charge in [0.25, 0.3) is 0 Å². The number of nitrogens with zero attached hydrogens (tertiary/aromatic N) is 2. The zero-order valence-corrected chi connectivity index (χ0v) is 13.2. The molecule has 0 amide bonds. The van der Waals surface area contributed by atoms with Gasteiger partial charge in [0.2, 0.25) is 5.16 Å². The van der Waals surface area contributed by atoms with E-state index in [9.17, 15) is 4.79 Å². The van der Waals surface area contributed by atoms with Gasteiger partial charge in [-0.2, -0.15) is 0 Å². The Balaban J connectivity index is 1.57. The van der Waals surface area contributed by atoms with Crippen LogP contribution in [0.4, 0.5) is 0 Å². The first-order chi connectivity index (χ1) is 10.2. The molecule has 1 aliphatic carbocycles. The predicted octanol–water partition coefficient (Wildman–Crippen LogP) is 3.90. The molecule has 0 radical (unpaired) electrons. The molecule has 3 rings (SSSR count). The van der Waals surface area contributed by atoms with Gasteiger partial charge in [-0.3, -0.25) is 5.10 Å². The van der Waals surface area contributed by atoms with Crippen molar-refractivity contribution in [3.63, 3.8) is 0 Å².